The standard InChI is InChI=1S/C17H29N3S/c1-4-7-8-17(6-3,14-18-9-5-2)12-15-13-20-10-11-21-16(20)19-15/h10-11,13,18H,4-9,12,14H2,1-3H3. The van der Waals surface area contributed by atoms with Gasteiger partial charge in [-0.15, -0.1) is 11.3 Å². The van der Waals surface area contributed by atoms with E-state index in [0.717, 1.165) is 24.5 Å². The molecule has 0 bridgehead atoms. The Morgan fingerprint density at radius 3 is 2.81 bits per heavy atom. The SMILES string of the molecule is CCCCC(CC)(CNCCC)Cc1cn2ccsc2n1. The fraction of sp³-hybridized carbons (Fsp3) is 0.706. The van der Waals surface area contributed by atoms with E-state index < -0.39 is 0 Å². The molecule has 1 N–H and O–H groups in total. The molecule has 2 heterocycles. The largest absolute Gasteiger partial charge is 0.316 e. The summed E-state index contributed by atoms with van der Waals surface area (Å²) in [5, 5.41) is 5.75. The molecular weight excluding hydrogens is 278 g/mol. The van der Waals surface area contributed by atoms with Gasteiger partial charge in [0.15, 0.2) is 4.96 Å². The van der Waals surface area contributed by atoms with Crippen molar-refractivity contribution in [3.05, 3.63) is 23.5 Å². The normalized spacial score (nSPS) is 14.6. The van der Waals surface area contributed by atoms with E-state index in [1.54, 1.807) is 11.3 Å². The Morgan fingerprint density at radius 2 is 2.14 bits per heavy atom. The maximum atomic E-state index is 4.80. The topological polar surface area (TPSA) is 29.3 Å². The molecular formula is C17H29N3S. The third kappa shape index (κ3) is 4.30. The Balaban J connectivity index is 2.10. The molecule has 3 nitrogen and oxygen atoms in total. The highest BCUT2D eigenvalue weighted by Crippen LogP contribution is 2.32. The Kier molecular flexibility index (Phi) is 6.24. The van der Waals surface area contributed by atoms with Crippen molar-refractivity contribution in [1.29, 1.82) is 0 Å². The Bertz CT molecular complexity index is 502. The fourth-order valence-electron chi connectivity index (χ4n) is 2.99. The van der Waals surface area contributed by atoms with Crippen LogP contribution in [-0.2, 0) is 6.42 Å². The smallest absolute Gasteiger partial charge is 0.193 e. The summed E-state index contributed by atoms with van der Waals surface area (Å²) in [6.45, 7) is 9.08. The third-order valence-electron chi connectivity index (χ3n) is 4.44. The molecule has 118 valence electrons. The summed E-state index contributed by atoms with van der Waals surface area (Å²) in [5.41, 5.74) is 1.60. The first-order chi connectivity index (χ1) is 10.2. The lowest BCUT2D eigenvalue weighted by Crippen LogP contribution is -2.36. The highest BCUT2D eigenvalue weighted by molar-refractivity contribution is 7.15. The van der Waals surface area contributed by atoms with Crippen molar-refractivity contribution in [2.24, 2.45) is 5.41 Å². The number of thiazole rings is 1. The molecule has 2 aromatic heterocycles. The zero-order valence-corrected chi connectivity index (χ0v) is 14.5. The van der Waals surface area contributed by atoms with E-state index in [2.05, 4.69) is 48.3 Å². The van der Waals surface area contributed by atoms with Gasteiger partial charge in [-0.25, -0.2) is 4.98 Å². The first-order valence-electron chi connectivity index (χ1n) is 8.35. The maximum Gasteiger partial charge on any atom is 0.193 e. The highest BCUT2D eigenvalue weighted by atomic mass is 32.1. The van der Waals surface area contributed by atoms with Crippen molar-refractivity contribution in [1.82, 2.24) is 14.7 Å². The van der Waals surface area contributed by atoms with Gasteiger partial charge in [-0.05, 0) is 37.6 Å². The Labute approximate surface area is 132 Å². The molecule has 0 saturated carbocycles. The molecule has 1 unspecified atom stereocenters. The van der Waals surface area contributed by atoms with Gasteiger partial charge in [0.1, 0.15) is 0 Å². The number of nitrogens with one attached hydrogen (secondary N) is 1. The monoisotopic (exact) mass is 307 g/mol. The van der Waals surface area contributed by atoms with E-state index in [-0.39, 0.29) is 0 Å². The molecule has 21 heavy (non-hydrogen) atoms. The molecule has 0 fully saturated rings. The Morgan fingerprint density at radius 1 is 1.29 bits per heavy atom. The van der Waals surface area contributed by atoms with Gasteiger partial charge in [-0.3, -0.25) is 4.40 Å². The molecule has 0 radical (unpaired) electrons. The number of unbranched alkanes of at least 4 members (excludes halogenated alkanes) is 1. The van der Waals surface area contributed by atoms with Crippen LogP contribution in [0, 0.1) is 5.41 Å². The van der Waals surface area contributed by atoms with E-state index in [1.165, 1.54) is 37.8 Å². The Hall–Kier alpha value is -0.870. The van der Waals surface area contributed by atoms with Crippen molar-refractivity contribution in [3.63, 3.8) is 0 Å². The van der Waals surface area contributed by atoms with Crippen LogP contribution in [0.2, 0.25) is 0 Å². The maximum absolute atomic E-state index is 4.80. The second-order valence-corrected chi connectivity index (χ2v) is 7.01. The molecule has 0 aromatic carbocycles. The van der Waals surface area contributed by atoms with E-state index in [9.17, 15) is 0 Å². The average molecular weight is 308 g/mol. The van der Waals surface area contributed by atoms with Crippen molar-refractivity contribution < 1.29 is 0 Å². The summed E-state index contributed by atoms with van der Waals surface area (Å²) >= 11 is 1.72. The summed E-state index contributed by atoms with van der Waals surface area (Å²) in [6.07, 6.45) is 11.7. The number of fused-ring (bicyclic) bond motifs is 1. The zero-order valence-electron chi connectivity index (χ0n) is 13.7. The van der Waals surface area contributed by atoms with Crippen molar-refractivity contribution >= 4 is 16.3 Å². The number of rotatable bonds is 10. The van der Waals surface area contributed by atoms with Gasteiger partial charge >= 0.3 is 0 Å². The molecule has 2 rings (SSSR count). The van der Waals surface area contributed by atoms with E-state index >= 15 is 0 Å². The van der Waals surface area contributed by atoms with Crippen molar-refractivity contribution in [2.45, 2.75) is 59.3 Å². The lowest BCUT2D eigenvalue weighted by atomic mass is 9.76. The van der Waals surface area contributed by atoms with Crippen LogP contribution in [0.3, 0.4) is 0 Å². The summed E-state index contributed by atoms with van der Waals surface area (Å²) in [7, 11) is 0. The van der Waals surface area contributed by atoms with Gasteiger partial charge in [0.25, 0.3) is 0 Å². The van der Waals surface area contributed by atoms with Crippen LogP contribution in [0.1, 0.15) is 58.6 Å². The number of imidazole rings is 1. The molecule has 0 aliphatic heterocycles. The molecule has 0 spiro atoms. The summed E-state index contributed by atoms with van der Waals surface area (Å²) in [4.78, 5) is 5.91. The average Bonchev–Trinajstić information content (AvgIpc) is 3.06. The predicted molar refractivity (Wildman–Crippen MR) is 92.2 cm³/mol. The van der Waals surface area contributed by atoms with E-state index in [1.807, 2.05) is 0 Å². The minimum atomic E-state index is 0.356. The van der Waals surface area contributed by atoms with E-state index in [0.29, 0.717) is 5.41 Å². The van der Waals surface area contributed by atoms with Gasteiger partial charge < -0.3 is 5.32 Å². The zero-order chi connectivity index (χ0) is 15.1. The molecule has 0 saturated heterocycles. The molecule has 2 aromatic rings. The molecule has 1 atom stereocenters. The first kappa shape index (κ1) is 16.5. The highest BCUT2D eigenvalue weighted by Gasteiger charge is 2.28. The van der Waals surface area contributed by atoms with E-state index in [4.69, 9.17) is 4.98 Å². The van der Waals surface area contributed by atoms with Gasteiger partial charge in [0.05, 0.1) is 5.69 Å². The van der Waals surface area contributed by atoms with Crippen LogP contribution in [0.5, 0.6) is 0 Å². The second-order valence-electron chi connectivity index (χ2n) is 6.14. The van der Waals surface area contributed by atoms with Crippen molar-refractivity contribution in [3.8, 4) is 0 Å². The van der Waals surface area contributed by atoms with Gasteiger partial charge in [-0.1, -0.05) is 33.6 Å². The molecule has 0 aliphatic carbocycles. The van der Waals surface area contributed by atoms with Crippen LogP contribution in [-0.4, -0.2) is 22.5 Å². The minimum Gasteiger partial charge on any atom is -0.316 e. The lowest BCUT2D eigenvalue weighted by Gasteiger charge is -2.33. The van der Waals surface area contributed by atoms with Crippen LogP contribution in [0.25, 0.3) is 4.96 Å². The predicted octanol–water partition coefficient (Wildman–Crippen LogP) is 4.52. The van der Waals surface area contributed by atoms with Crippen LogP contribution >= 0.6 is 11.3 Å². The quantitative estimate of drug-likeness (QED) is 0.654. The molecule has 4 heteroatoms. The number of aromatic nitrogens is 2. The second kappa shape index (κ2) is 7.95. The third-order valence-corrected chi connectivity index (χ3v) is 5.21. The number of hydrogen-bond acceptors (Lipinski definition) is 3. The summed E-state index contributed by atoms with van der Waals surface area (Å²) in [5.74, 6) is 0. The number of nitrogens with zero attached hydrogens (tertiary/aromatic N) is 2. The fourth-order valence-corrected chi connectivity index (χ4v) is 3.71. The van der Waals surface area contributed by atoms with Crippen LogP contribution in [0.15, 0.2) is 17.8 Å². The van der Waals surface area contributed by atoms with Crippen LogP contribution in [0.4, 0.5) is 0 Å². The van der Waals surface area contributed by atoms with Gasteiger partial charge in [0, 0.05) is 24.3 Å². The first-order valence-corrected chi connectivity index (χ1v) is 9.22. The van der Waals surface area contributed by atoms with Gasteiger partial charge in [0.2, 0.25) is 0 Å². The minimum absolute atomic E-state index is 0.356. The van der Waals surface area contributed by atoms with Crippen LogP contribution < -0.4 is 5.32 Å². The molecule has 0 aliphatic rings. The number of hydrogen-bond donors (Lipinski definition) is 1. The van der Waals surface area contributed by atoms with Crippen molar-refractivity contribution in [2.75, 3.05) is 13.1 Å². The summed E-state index contributed by atoms with van der Waals surface area (Å²) < 4.78 is 2.15. The lowest BCUT2D eigenvalue weighted by molar-refractivity contribution is 0.227. The molecule has 0 amide bonds. The summed E-state index contributed by atoms with van der Waals surface area (Å²) in [6, 6.07) is 0. The van der Waals surface area contributed by atoms with Gasteiger partial charge in [-0.2, -0.15) is 0 Å².